The van der Waals surface area contributed by atoms with E-state index in [1.165, 1.54) is 0 Å². The third-order valence-electron chi connectivity index (χ3n) is 4.17. The fraction of sp³-hybridized carbons (Fsp3) is 0.0909. The summed E-state index contributed by atoms with van der Waals surface area (Å²) in [6.07, 6.45) is 1.66. The van der Waals surface area contributed by atoms with Crippen molar-refractivity contribution in [2.24, 2.45) is 0 Å². The van der Waals surface area contributed by atoms with Crippen LogP contribution in [0.15, 0.2) is 69.5 Å². The van der Waals surface area contributed by atoms with E-state index in [1.54, 1.807) is 43.5 Å². The lowest BCUT2D eigenvalue weighted by molar-refractivity contribution is 0.105. The molecule has 2 aromatic carbocycles. The zero-order chi connectivity index (χ0) is 18.8. The van der Waals surface area contributed by atoms with E-state index < -0.39 is 0 Å². The van der Waals surface area contributed by atoms with Crippen LogP contribution in [-0.4, -0.2) is 17.9 Å². The number of carbonyl (C=O) groups excluding carboxylic acids is 1. The van der Waals surface area contributed by atoms with Crippen molar-refractivity contribution in [1.82, 2.24) is 4.98 Å². The monoisotopic (exact) mass is 359 g/mol. The summed E-state index contributed by atoms with van der Waals surface area (Å²) in [5.41, 5.74) is 2.14. The predicted molar refractivity (Wildman–Crippen MR) is 103 cm³/mol. The normalized spacial score (nSPS) is 11.7. The number of carbonyl (C=O) groups is 1. The standard InChI is InChI=1S/C22H17NO4/c1-14-7-10-17(26-14)13-18(21(24)15-8-11-16(25-2)12-9-15)22-23-19-5-3-4-6-20(19)27-22/h3-13H,1-2H3/b18-13-. The number of ketones is 1. The smallest absolute Gasteiger partial charge is 0.231 e. The lowest BCUT2D eigenvalue weighted by Crippen LogP contribution is -2.03. The van der Waals surface area contributed by atoms with Crippen molar-refractivity contribution < 1.29 is 18.4 Å². The van der Waals surface area contributed by atoms with Crippen LogP contribution in [0.5, 0.6) is 5.75 Å². The van der Waals surface area contributed by atoms with Crippen molar-refractivity contribution in [3.8, 4) is 5.75 Å². The van der Waals surface area contributed by atoms with Crippen molar-refractivity contribution >= 4 is 28.5 Å². The van der Waals surface area contributed by atoms with Gasteiger partial charge in [0, 0.05) is 5.56 Å². The highest BCUT2D eigenvalue weighted by atomic mass is 16.5. The van der Waals surface area contributed by atoms with E-state index in [0.717, 1.165) is 5.76 Å². The second-order valence-corrected chi connectivity index (χ2v) is 6.05. The number of allylic oxidation sites excluding steroid dienone is 1. The number of ether oxygens (including phenoxy) is 1. The third-order valence-corrected chi connectivity index (χ3v) is 4.17. The van der Waals surface area contributed by atoms with E-state index in [2.05, 4.69) is 4.98 Å². The highest BCUT2D eigenvalue weighted by Crippen LogP contribution is 2.27. The molecule has 0 radical (unpaired) electrons. The topological polar surface area (TPSA) is 65.5 Å². The van der Waals surface area contributed by atoms with Crippen LogP contribution in [0, 0.1) is 6.92 Å². The van der Waals surface area contributed by atoms with Crippen LogP contribution < -0.4 is 4.74 Å². The maximum atomic E-state index is 13.2. The molecule has 0 amide bonds. The maximum Gasteiger partial charge on any atom is 0.231 e. The number of fused-ring (bicyclic) bond motifs is 1. The molecule has 5 nitrogen and oxygen atoms in total. The van der Waals surface area contributed by atoms with Gasteiger partial charge in [0.2, 0.25) is 5.89 Å². The number of para-hydroxylation sites is 2. The van der Waals surface area contributed by atoms with E-state index >= 15 is 0 Å². The van der Waals surface area contributed by atoms with Gasteiger partial charge in [-0.3, -0.25) is 4.79 Å². The Morgan fingerprint density at radius 1 is 1.00 bits per heavy atom. The second-order valence-electron chi connectivity index (χ2n) is 6.05. The highest BCUT2D eigenvalue weighted by molar-refractivity contribution is 6.31. The van der Waals surface area contributed by atoms with E-state index in [9.17, 15) is 4.79 Å². The highest BCUT2D eigenvalue weighted by Gasteiger charge is 2.21. The van der Waals surface area contributed by atoms with Crippen LogP contribution in [0.1, 0.15) is 27.8 Å². The molecule has 0 unspecified atom stereocenters. The van der Waals surface area contributed by atoms with E-state index in [4.69, 9.17) is 13.6 Å². The number of aryl methyl sites for hydroxylation is 1. The molecule has 0 aliphatic carbocycles. The van der Waals surface area contributed by atoms with Gasteiger partial charge >= 0.3 is 0 Å². The molecule has 0 bridgehead atoms. The van der Waals surface area contributed by atoms with E-state index in [1.807, 2.05) is 37.3 Å². The minimum Gasteiger partial charge on any atom is -0.497 e. The summed E-state index contributed by atoms with van der Waals surface area (Å²) in [7, 11) is 1.58. The van der Waals surface area contributed by atoms with Gasteiger partial charge in [0.25, 0.3) is 0 Å². The average molecular weight is 359 g/mol. The maximum absolute atomic E-state index is 13.2. The van der Waals surface area contributed by atoms with Gasteiger partial charge in [0.15, 0.2) is 11.4 Å². The van der Waals surface area contributed by atoms with Crippen LogP contribution in [0.3, 0.4) is 0 Å². The fourth-order valence-corrected chi connectivity index (χ4v) is 2.78. The molecule has 0 aliphatic rings. The lowest BCUT2D eigenvalue weighted by atomic mass is 10.0. The number of hydrogen-bond donors (Lipinski definition) is 0. The molecular weight excluding hydrogens is 342 g/mol. The molecule has 0 atom stereocenters. The molecule has 0 saturated heterocycles. The van der Waals surface area contributed by atoms with Gasteiger partial charge in [-0.15, -0.1) is 0 Å². The fourth-order valence-electron chi connectivity index (χ4n) is 2.78. The third kappa shape index (κ3) is 3.40. The Balaban J connectivity index is 1.81. The molecule has 4 aromatic rings. The Bertz CT molecular complexity index is 1100. The number of hydrogen-bond acceptors (Lipinski definition) is 5. The number of benzene rings is 2. The Labute approximate surface area is 155 Å². The number of oxazole rings is 1. The van der Waals surface area contributed by atoms with Crippen molar-refractivity contribution in [2.75, 3.05) is 7.11 Å². The van der Waals surface area contributed by atoms with Crippen molar-refractivity contribution in [3.05, 3.63) is 83.6 Å². The molecular formula is C22H17NO4. The first kappa shape index (κ1) is 16.8. The summed E-state index contributed by atoms with van der Waals surface area (Å²) in [6, 6.07) is 18.0. The summed E-state index contributed by atoms with van der Waals surface area (Å²) in [5, 5.41) is 0. The van der Waals surface area contributed by atoms with E-state index in [-0.39, 0.29) is 11.7 Å². The molecule has 4 rings (SSSR count). The SMILES string of the molecule is COc1ccc(C(=O)/C(=C/c2ccc(C)o2)c2nc3ccccc3o2)cc1. The first-order valence-electron chi connectivity index (χ1n) is 8.47. The summed E-state index contributed by atoms with van der Waals surface area (Å²) in [6.45, 7) is 1.85. The lowest BCUT2D eigenvalue weighted by Gasteiger charge is -2.04. The molecule has 2 heterocycles. The zero-order valence-electron chi connectivity index (χ0n) is 14.9. The number of rotatable bonds is 5. The summed E-state index contributed by atoms with van der Waals surface area (Å²) in [4.78, 5) is 17.7. The van der Waals surface area contributed by atoms with Crippen LogP contribution in [0.4, 0.5) is 0 Å². The molecule has 0 spiro atoms. The molecule has 5 heteroatoms. The average Bonchev–Trinajstić information content (AvgIpc) is 3.31. The Hall–Kier alpha value is -3.60. The first-order valence-corrected chi connectivity index (χ1v) is 8.47. The minimum atomic E-state index is -0.210. The predicted octanol–water partition coefficient (Wildman–Crippen LogP) is 5.16. The van der Waals surface area contributed by atoms with Gasteiger partial charge in [0.1, 0.15) is 22.8 Å². The number of aromatic nitrogens is 1. The van der Waals surface area contributed by atoms with Crippen molar-refractivity contribution in [2.45, 2.75) is 6.92 Å². The number of methoxy groups -OCH3 is 1. The number of Topliss-reactive ketones (excluding diaryl/α,β-unsaturated/α-hetero) is 1. The minimum absolute atomic E-state index is 0.210. The zero-order valence-corrected chi connectivity index (χ0v) is 14.9. The van der Waals surface area contributed by atoms with Gasteiger partial charge in [-0.2, -0.15) is 0 Å². The van der Waals surface area contributed by atoms with Gasteiger partial charge in [-0.1, -0.05) is 12.1 Å². The number of nitrogens with zero attached hydrogens (tertiary/aromatic N) is 1. The van der Waals surface area contributed by atoms with Crippen molar-refractivity contribution in [1.29, 1.82) is 0 Å². The van der Waals surface area contributed by atoms with Crippen LogP contribution in [0.2, 0.25) is 0 Å². The molecule has 0 saturated carbocycles. The van der Waals surface area contributed by atoms with Crippen LogP contribution in [-0.2, 0) is 0 Å². The largest absolute Gasteiger partial charge is 0.497 e. The molecule has 0 aliphatic heterocycles. The van der Waals surface area contributed by atoms with E-state index in [0.29, 0.717) is 33.7 Å². The first-order chi connectivity index (χ1) is 13.1. The van der Waals surface area contributed by atoms with Crippen LogP contribution >= 0.6 is 0 Å². The van der Waals surface area contributed by atoms with Crippen LogP contribution in [0.25, 0.3) is 22.7 Å². The summed E-state index contributed by atoms with van der Waals surface area (Å²) in [5.74, 6) is 2.05. The summed E-state index contributed by atoms with van der Waals surface area (Å²) >= 11 is 0. The van der Waals surface area contributed by atoms with Gasteiger partial charge in [-0.25, -0.2) is 4.98 Å². The van der Waals surface area contributed by atoms with Gasteiger partial charge in [-0.05, 0) is 61.5 Å². The Kier molecular flexibility index (Phi) is 4.34. The number of furan rings is 1. The molecule has 0 fully saturated rings. The molecule has 2 aromatic heterocycles. The van der Waals surface area contributed by atoms with Gasteiger partial charge < -0.3 is 13.6 Å². The Morgan fingerprint density at radius 3 is 2.44 bits per heavy atom. The summed E-state index contributed by atoms with van der Waals surface area (Å²) < 4.78 is 16.6. The van der Waals surface area contributed by atoms with Gasteiger partial charge in [0.05, 0.1) is 12.7 Å². The molecule has 134 valence electrons. The van der Waals surface area contributed by atoms with Crippen molar-refractivity contribution in [3.63, 3.8) is 0 Å². The Morgan fingerprint density at radius 2 is 1.78 bits per heavy atom. The molecule has 27 heavy (non-hydrogen) atoms. The molecule has 0 N–H and O–H groups in total. The quantitative estimate of drug-likeness (QED) is 0.364. The second kappa shape index (κ2) is 6.96.